The Balaban J connectivity index is 1.24. The van der Waals surface area contributed by atoms with Gasteiger partial charge in [0.2, 0.25) is 0 Å². The van der Waals surface area contributed by atoms with Crippen LogP contribution >= 0.6 is 0 Å². The van der Waals surface area contributed by atoms with Crippen molar-refractivity contribution in [1.82, 2.24) is 39.0 Å². The summed E-state index contributed by atoms with van der Waals surface area (Å²) in [6, 6.07) is 11.9. The van der Waals surface area contributed by atoms with Gasteiger partial charge in [-0.2, -0.15) is 0 Å². The molecule has 0 atom stereocenters. The van der Waals surface area contributed by atoms with Crippen LogP contribution < -0.4 is 21.9 Å². The van der Waals surface area contributed by atoms with Crippen LogP contribution in [-0.2, 0) is 0 Å². The molecule has 1 saturated carbocycles. The molecule has 0 radical (unpaired) electrons. The largest absolute Gasteiger partial charge is 0.465 e. The van der Waals surface area contributed by atoms with Crippen molar-refractivity contribution in [3.63, 3.8) is 0 Å². The summed E-state index contributed by atoms with van der Waals surface area (Å²) in [5, 5.41) is 15.2. The van der Waals surface area contributed by atoms with Crippen LogP contribution in [0.1, 0.15) is 73.3 Å². The van der Waals surface area contributed by atoms with Gasteiger partial charge in [-0.15, -0.1) is 0 Å². The van der Waals surface area contributed by atoms with Crippen LogP contribution in [0.4, 0.5) is 9.18 Å². The number of carbonyl (C=O) groups is 3. The topological polar surface area (TPSA) is 173 Å². The number of hydrogen-bond acceptors (Lipinski definition) is 7. The van der Waals surface area contributed by atoms with E-state index in [4.69, 9.17) is 0 Å². The predicted octanol–water partition coefficient (Wildman–Crippen LogP) is 3.76. The maximum Gasteiger partial charge on any atom is 0.407 e. The number of pyridine rings is 2. The Kier molecular flexibility index (Phi) is 9.23. The van der Waals surface area contributed by atoms with Crippen molar-refractivity contribution in [2.24, 2.45) is 0 Å². The number of nitrogens with zero attached hydrogens (tertiary/aromatic N) is 6. The summed E-state index contributed by atoms with van der Waals surface area (Å²) >= 11 is 0. The Hall–Kier alpha value is -5.86. The van der Waals surface area contributed by atoms with Gasteiger partial charge in [0.15, 0.2) is 5.65 Å². The van der Waals surface area contributed by atoms with E-state index >= 15 is 0 Å². The number of fused-ring (bicyclic) bond motifs is 2. The van der Waals surface area contributed by atoms with E-state index in [1.807, 2.05) is 12.1 Å². The molecule has 0 spiro atoms. The van der Waals surface area contributed by atoms with Crippen molar-refractivity contribution < 1.29 is 23.9 Å². The van der Waals surface area contributed by atoms with E-state index in [0.29, 0.717) is 31.3 Å². The highest BCUT2D eigenvalue weighted by Gasteiger charge is 2.29. The van der Waals surface area contributed by atoms with E-state index in [1.54, 1.807) is 55.8 Å². The Morgan fingerprint density at radius 1 is 1.02 bits per heavy atom. The number of nitrogens with one attached hydrogen (secondary N) is 2. The summed E-state index contributed by atoms with van der Waals surface area (Å²) in [6.07, 6.45) is 5.02. The van der Waals surface area contributed by atoms with E-state index in [-0.39, 0.29) is 53.0 Å². The molecule has 50 heavy (non-hydrogen) atoms. The highest BCUT2D eigenvalue weighted by Crippen LogP contribution is 2.28. The molecule has 0 aliphatic heterocycles. The fourth-order valence-electron chi connectivity index (χ4n) is 6.41. The fourth-order valence-corrected chi connectivity index (χ4v) is 6.41. The lowest BCUT2D eigenvalue weighted by molar-refractivity contribution is 0.0892. The summed E-state index contributed by atoms with van der Waals surface area (Å²) < 4.78 is 18.5. The fraction of sp³-hybridized carbons (Fsp3) is 0.343. The molecule has 260 valence electrons. The Morgan fingerprint density at radius 2 is 1.78 bits per heavy atom. The molecule has 0 saturated heterocycles. The van der Waals surface area contributed by atoms with Crippen LogP contribution in [0.5, 0.6) is 0 Å². The zero-order chi connectivity index (χ0) is 35.7. The molecule has 0 unspecified atom stereocenters. The number of halogens is 1. The molecule has 0 bridgehead atoms. The van der Waals surface area contributed by atoms with Crippen LogP contribution in [0.25, 0.3) is 22.4 Å². The van der Waals surface area contributed by atoms with E-state index < -0.39 is 40.6 Å². The van der Waals surface area contributed by atoms with Crippen molar-refractivity contribution in [2.45, 2.75) is 64.1 Å². The van der Waals surface area contributed by atoms with Gasteiger partial charge in [0.05, 0.1) is 17.3 Å². The lowest BCUT2D eigenvalue weighted by atomic mass is 9.90. The third-order valence-corrected chi connectivity index (χ3v) is 8.91. The Bertz CT molecular complexity index is 2200. The van der Waals surface area contributed by atoms with Crippen molar-refractivity contribution in [1.29, 1.82) is 0 Å². The van der Waals surface area contributed by atoms with E-state index in [9.17, 15) is 33.5 Å². The first-order chi connectivity index (χ1) is 23.8. The van der Waals surface area contributed by atoms with Crippen LogP contribution in [0, 0.1) is 5.82 Å². The third-order valence-electron chi connectivity index (χ3n) is 8.91. The molecule has 1 fully saturated rings. The first-order valence-corrected chi connectivity index (χ1v) is 16.3. The van der Waals surface area contributed by atoms with Gasteiger partial charge in [-0.25, -0.2) is 28.5 Å². The molecular weight excluding hydrogens is 647 g/mol. The highest BCUT2D eigenvalue weighted by molar-refractivity contribution is 5.95. The molecule has 3 N–H and O–H groups in total. The van der Waals surface area contributed by atoms with Crippen molar-refractivity contribution in [2.75, 3.05) is 13.1 Å². The molecule has 14 nitrogen and oxygen atoms in total. The summed E-state index contributed by atoms with van der Waals surface area (Å²) in [6.45, 7) is 5.36. The van der Waals surface area contributed by atoms with Crippen LogP contribution in [-0.4, -0.2) is 76.1 Å². The standard InChI is InChI=1S/C35H37FN8O6/c1-35(2,3)42(34(49)50)16-14-37-30(45)21-7-6-8-25(17-21)43-29-26(18-22(36)19-38-29)32(47)44(33(43)48)24-12-10-23(11-13-24)39-31(46)27-20-41-15-5-4-9-28(41)40-27/h4-9,15,17-20,23-24H,10-14,16H2,1-3H3,(H,37,45)(H,39,46)(H,49,50)/t23-,24+. The number of carbonyl (C=O) groups excluding carboxylic acids is 2. The van der Waals surface area contributed by atoms with Crippen molar-refractivity contribution in [3.8, 4) is 5.69 Å². The monoisotopic (exact) mass is 684 g/mol. The van der Waals surface area contributed by atoms with Crippen molar-refractivity contribution in [3.05, 3.63) is 105 Å². The number of hydrogen-bond donors (Lipinski definition) is 3. The Labute approximate surface area is 285 Å². The van der Waals surface area contributed by atoms with Gasteiger partial charge in [-0.05, 0) is 82.9 Å². The van der Waals surface area contributed by atoms with Gasteiger partial charge in [0.1, 0.15) is 17.2 Å². The van der Waals surface area contributed by atoms with Gasteiger partial charge < -0.3 is 25.0 Å². The smallest absolute Gasteiger partial charge is 0.407 e. The average molecular weight is 685 g/mol. The second-order valence-corrected chi connectivity index (χ2v) is 13.3. The summed E-state index contributed by atoms with van der Waals surface area (Å²) in [7, 11) is 0. The Morgan fingerprint density at radius 3 is 2.48 bits per heavy atom. The first-order valence-electron chi connectivity index (χ1n) is 16.3. The molecule has 4 heterocycles. The predicted molar refractivity (Wildman–Crippen MR) is 182 cm³/mol. The minimum atomic E-state index is -1.11. The second-order valence-electron chi connectivity index (χ2n) is 13.3. The zero-order valence-electron chi connectivity index (χ0n) is 27.8. The molecular formula is C35H37FN8O6. The van der Waals surface area contributed by atoms with E-state index in [1.165, 1.54) is 21.6 Å². The third kappa shape index (κ3) is 6.84. The molecule has 3 amide bonds. The maximum atomic E-state index is 14.4. The number of imidazole rings is 1. The first kappa shape index (κ1) is 34.0. The molecule has 1 aliphatic carbocycles. The average Bonchev–Trinajstić information content (AvgIpc) is 3.52. The molecule has 1 aliphatic rings. The summed E-state index contributed by atoms with van der Waals surface area (Å²) in [5.74, 6) is -1.57. The van der Waals surface area contributed by atoms with Crippen molar-refractivity contribution >= 4 is 34.6 Å². The zero-order valence-corrected chi connectivity index (χ0v) is 27.8. The molecule has 1 aromatic carbocycles. The normalized spacial score (nSPS) is 16.3. The molecule has 6 rings (SSSR count). The number of benzene rings is 1. The van der Waals surface area contributed by atoms with E-state index in [2.05, 4.69) is 20.6 Å². The SMILES string of the molecule is CC(C)(C)N(CCNC(=O)c1cccc(-n2c(=O)n([C@H]3CC[C@@H](NC(=O)c4cn5ccccc5n4)CC3)c(=O)c3cc(F)cnc32)c1)C(=O)O. The van der Waals surface area contributed by atoms with Gasteiger partial charge in [0, 0.05) is 48.7 Å². The number of rotatable bonds is 8. The van der Waals surface area contributed by atoms with Crippen LogP contribution in [0.15, 0.2) is 76.7 Å². The van der Waals surface area contributed by atoms with Gasteiger partial charge >= 0.3 is 11.8 Å². The molecule has 15 heteroatoms. The minimum Gasteiger partial charge on any atom is -0.465 e. The number of carboxylic acid groups (broad SMARTS) is 1. The van der Waals surface area contributed by atoms with Gasteiger partial charge in [0.25, 0.3) is 17.4 Å². The number of amides is 3. The second kappa shape index (κ2) is 13.6. The maximum absolute atomic E-state index is 14.4. The van der Waals surface area contributed by atoms with Gasteiger partial charge in [-0.3, -0.25) is 19.0 Å². The highest BCUT2D eigenvalue weighted by atomic mass is 19.1. The molecule has 5 aromatic rings. The summed E-state index contributed by atoms with van der Waals surface area (Å²) in [5.41, 5.74) is -0.765. The number of aromatic nitrogens is 5. The lowest BCUT2D eigenvalue weighted by Crippen LogP contribution is -2.48. The van der Waals surface area contributed by atoms with Crippen LogP contribution in [0.2, 0.25) is 0 Å². The summed E-state index contributed by atoms with van der Waals surface area (Å²) in [4.78, 5) is 75.3. The van der Waals surface area contributed by atoms with Gasteiger partial charge in [-0.1, -0.05) is 12.1 Å². The quantitative estimate of drug-likeness (QED) is 0.222. The minimum absolute atomic E-state index is 0.0450. The lowest BCUT2D eigenvalue weighted by Gasteiger charge is -2.33. The molecule has 4 aromatic heterocycles. The van der Waals surface area contributed by atoms with Crippen LogP contribution in [0.3, 0.4) is 0 Å². The van der Waals surface area contributed by atoms with E-state index in [0.717, 1.165) is 16.8 Å².